The molecule has 96 valence electrons. The number of hydrogen-bond acceptors (Lipinski definition) is 4. The Kier molecular flexibility index (Phi) is 4.24. The van der Waals surface area contributed by atoms with Crippen molar-refractivity contribution in [3.63, 3.8) is 0 Å². The number of carbonyl (C=O) groups is 1. The number of rotatable bonds is 6. The first kappa shape index (κ1) is 13.7. The van der Waals surface area contributed by atoms with E-state index in [0.717, 1.165) is 0 Å². The fourth-order valence-electron chi connectivity index (χ4n) is 1.11. The molecule has 0 aliphatic carbocycles. The number of nitrogens with one attached hydrogen (secondary N) is 1. The summed E-state index contributed by atoms with van der Waals surface area (Å²) in [6, 6.07) is 0.116. The Morgan fingerprint density at radius 1 is 1.59 bits per heavy atom. The van der Waals surface area contributed by atoms with Gasteiger partial charge >= 0.3 is 5.97 Å². The molecule has 17 heavy (non-hydrogen) atoms. The Labute approximate surface area is 99.5 Å². The molecule has 0 aliphatic heterocycles. The standard InChI is InChI=1S/C9H15N3O4S/c1-7(2)12-5-8(10-6-12)17(15,16)11-4-3-9(13)14/h5-7,11H,3-4H2,1-2H3,(H,13,14). The van der Waals surface area contributed by atoms with Crippen molar-refractivity contribution in [1.82, 2.24) is 14.3 Å². The molecule has 8 heteroatoms. The van der Waals surface area contributed by atoms with E-state index in [1.54, 1.807) is 4.57 Å². The summed E-state index contributed by atoms with van der Waals surface area (Å²) in [5.41, 5.74) is 0. The van der Waals surface area contributed by atoms with Crippen LogP contribution in [0, 0.1) is 0 Å². The average Bonchev–Trinajstić information content (AvgIpc) is 2.65. The van der Waals surface area contributed by atoms with E-state index >= 15 is 0 Å². The molecular formula is C9H15N3O4S. The molecule has 0 fully saturated rings. The topological polar surface area (TPSA) is 101 Å². The second-order valence-electron chi connectivity index (χ2n) is 3.79. The van der Waals surface area contributed by atoms with Crippen LogP contribution in [0.2, 0.25) is 0 Å². The van der Waals surface area contributed by atoms with Gasteiger partial charge in [-0.25, -0.2) is 18.1 Å². The highest BCUT2D eigenvalue weighted by molar-refractivity contribution is 7.89. The summed E-state index contributed by atoms with van der Waals surface area (Å²) in [5, 5.41) is 8.30. The maximum Gasteiger partial charge on any atom is 0.304 e. The molecule has 0 spiro atoms. The van der Waals surface area contributed by atoms with Crippen molar-refractivity contribution in [2.75, 3.05) is 6.54 Å². The summed E-state index contributed by atoms with van der Waals surface area (Å²) in [4.78, 5) is 14.0. The second-order valence-corrected chi connectivity index (χ2v) is 5.51. The molecule has 1 rings (SSSR count). The molecule has 1 aromatic rings. The van der Waals surface area contributed by atoms with Crippen LogP contribution in [0.4, 0.5) is 0 Å². The summed E-state index contributed by atoms with van der Waals surface area (Å²) in [7, 11) is -3.71. The Balaban J connectivity index is 2.72. The summed E-state index contributed by atoms with van der Waals surface area (Å²) >= 11 is 0. The van der Waals surface area contributed by atoms with Gasteiger partial charge in [0, 0.05) is 18.8 Å². The summed E-state index contributed by atoms with van der Waals surface area (Å²) in [6.07, 6.45) is 2.58. The number of aliphatic carboxylic acids is 1. The highest BCUT2D eigenvalue weighted by atomic mass is 32.2. The zero-order valence-corrected chi connectivity index (χ0v) is 10.4. The molecule has 2 N–H and O–H groups in total. The third-order valence-electron chi connectivity index (χ3n) is 2.08. The van der Waals surface area contributed by atoms with E-state index < -0.39 is 16.0 Å². The third-order valence-corrected chi connectivity index (χ3v) is 3.43. The number of nitrogens with zero attached hydrogens (tertiary/aromatic N) is 2. The highest BCUT2D eigenvalue weighted by Crippen LogP contribution is 2.09. The van der Waals surface area contributed by atoms with Crippen molar-refractivity contribution in [2.24, 2.45) is 0 Å². The largest absolute Gasteiger partial charge is 0.481 e. The van der Waals surface area contributed by atoms with Crippen molar-refractivity contribution in [1.29, 1.82) is 0 Å². The maximum atomic E-state index is 11.7. The molecule has 7 nitrogen and oxygen atoms in total. The number of carboxylic acid groups (broad SMARTS) is 1. The van der Waals surface area contributed by atoms with Crippen LogP contribution in [0.1, 0.15) is 26.3 Å². The fourth-order valence-corrected chi connectivity index (χ4v) is 2.07. The Morgan fingerprint density at radius 2 is 2.24 bits per heavy atom. The van der Waals surface area contributed by atoms with Gasteiger partial charge in [0.25, 0.3) is 10.0 Å². The smallest absolute Gasteiger partial charge is 0.304 e. The normalized spacial score (nSPS) is 11.9. The van der Waals surface area contributed by atoms with Crippen LogP contribution in [0.15, 0.2) is 17.6 Å². The van der Waals surface area contributed by atoms with Crippen molar-refractivity contribution >= 4 is 16.0 Å². The lowest BCUT2D eigenvalue weighted by Gasteiger charge is -2.04. The summed E-state index contributed by atoms with van der Waals surface area (Å²) in [6.45, 7) is 3.65. The first-order valence-corrected chi connectivity index (χ1v) is 6.56. The van der Waals surface area contributed by atoms with Crippen molar-refractivity contribution in [3.05, 3.63) is 12.5 Å². The highest BCUT2D eigenvalue weighted by Gasteiger charge is 2.17. The Bertz CT molecular complexity index is 492. The molecule has 0 amide bonds. The number of hydrogen-bond donors (Lipinski definition) is 2. The van der Waals surface area contributed by atoms with Crippen molar-refractivity contribution in [2.45, 2.75) is 31.3 Å². The first-order chi connectivity index (χ1) is 7.83. The lowest BCUT2D eigenvalue weighted by molar-refractivity contribution is -0.136. The molecule has 0 unspecified atom stereocenters. The van der Waals surface area contributed by atoms with Crippen LogP contribution < -0.4 is 4.72 Å². The van der Waals surface area contributed by atoms with E-state index in [0.29, 0.717) is 0 Å². The molecule has 0 bridgehead atoms. The predicted octanol–water partition coefficient (Wildman–Crippen LogP) is 0.217. The Hall–Kier alpha value is -1.41. The molecule has 1 aromatic heterocycles. The molecule has 0 saturated heterocycles. The van der Waals surface area contributed by atoms with Crippen LogP contribution in [-0.4, -0.2) is 35.6 Å². The summed E-state index contributed by atoms with van der Waals surface area (Å²) < 4.78 is 27.2. The van der Waals surface area contributed by atoms with E-state index in [1.165, 1.54) is 12.5 Å². The van der Waals surface area contributed by atoms with Crippen LogP contribution in [0.3, 0.4) is 0 Å². The molecule has 0 aliphatic rings. The van der Waals surface area contributed by atoms with E-state index in [2.05, 4.69) is 9.71 Å². The van der Waals surface area contributed by atoms with E-state index in [-0.39, 0.29) is 24.0 Å². The molecule has 0 saturated carbocycles. The minimum atomic E-state index is -3.71. The van der Waals surface area contributed by atoms with Gasteiger partial charge in [-0.1, -0.05) is 0 Å². The third kappa shape index (κ3) is 3.82. The van der Waals surface area contributed by atoms with Gasteiger partial charge in [-0.15, -0.1) is 0 Å². The lowest BCUT2D eigenvalue weighted by Crippen LogP contribution is -2.26. The van der Waals surface area contributed by atoms with E-state index in [4.69, 9.17) is 5.11 Å². The van der Waals surface area contributed by atoms with Gasteiger partial charge in [-0.05, 0) is 13.8 Å². The van der Waals surface area contributed by atoms with E-state index in [9.17, 15) is 13.2 Å². The molecule has 0 radical (unpaired) electrons. The van der Waals surface area contributed by atoms with Gasteiger partial charge in [0.1, 0.15) is 0 Å². The zero-order chi connectivity index (χ0) is 13.1. The van der Waals surface area contributed by atoms with Crippen LogP contribution in [0.5, 0.6) is 0 Å². The van der Waals surface area contributed by atoms with Crippen molar-refractivity contribution in [3.8, 4) is 0 Å². The summed E-state index contributed by atoms with van der Waals surface area (Å²) in [5.74, 6) is -1.06. The van der Waals surface area contributed by atoms with Gasteiger partial charge < -0.3 is 9.67 Å². The van der Waals surface area contributed by atoms with Gasteiger partial charge in [0.05, 0.1) is 12.7 Å². The van der Waals surface area contributed by atoms with Crippen LogP contribution >= 0.6 is 0 Å². The van der Waals surface area contributed by atoms with Gasteiger partial charge in [0.15, 0.2) is 5.03 Å². The molecular weight excluding hydrogens is 246 g/mol. The fraction of sp³-hybridized carbons (Fsp3) is 0.556. The van der Waals surface area contributed by atoms with Gasteiger partial charge in [-0.2, -0.15) is 0 Å². The zero-order valence-electron chi connectivity index (χ0n) is 9.62. The van der Waals surface area contributed by atoms with Crippen molar-refractivity contribution < 1.29 is 18.3 Å². The maximum absolute atomic E-state index is 11.7. The second kappa shape index (κ2) is 5.28. The molecule has 1 heterocycles. The average molecular weight is 261 g/mol. The van der Waals surface area contributed by atoms with Crippen LogP contribution in [0.25, 0.3) is 0 Å². The van der Waals surface area contributed by atoms with Gasteiger partial charge in [0.2, 0.25) is 0 Å². The van der Waals surface area contributed by atoms with Gasteiger partial charge in [-0.3, -0.25) is 4.79 Å². The minimum Gasteiger partial charge on any atom is -0.481 e. The molecule has 0 aromatic carbocycles. The first-order valence-electron chi connectivity index (χ1n) is 5.08. The number of carboxylic acids is 1. The SMILES string of the molecule is CC(C)n1cnc(S(=O)(=O)NCCC(=O)O)c1. The predicted molar refractivity (Wildman–Crippen MR) is 60.1 cm³/mol. The number of imidazole rings is 1. The number of sulfonamides is 1. The number of aromatic nitrogens is 2. The van der Waals surface area contributed by atoms with E-state index in [1.807, 2.05) is 13.8 Å². The monoisotopic (exact) mass is 261 g/mol. The minimum absolute atomic E-state index is 0.100. The van der Waals surface area contributed by atoms with Crippen LogP contribution in [-0.2, 0) is 14.8 Å². The lowest BCUT2D eigenvalue weighted by atomic mass is 10.4. The molecule has 0 atom stereocenters. The quantitative estimate of drug-likeness (QED) is 0.762. The Morgan fingerprint density at radius 3 is 2.71 bits per heavy atom.